The first kappa shape index (κ1) is 10.6. The Morgan fingerprint density at radius 3 is 2.60 bits per heavy atom. The molecule has 0 heterocycles. The molecule has 2 unspecified atom stereocenters. The molecule has 1 aromatic carbocycles. The van der Waals surface area contributed by atoms with E-state index in [1.54, 1.807) is 6.92 Å². The van der Waals surface area contributed by atoms with Gasteiger partial charge in [-0.1, -0.05) is 6.07 Å². The summed E-state index contributed by atoms with van der Waals surface area (Å²) in [5.41, 5.74) is 0.624. The van der Waals surface area contributed by atoms with Crippen molar-refractivity contribution in [2.24, 2.45) is 0 Å². The molecule has 0 aliphatic heterocycles. The zero-order chi connectivity index (χ0) is 11.0. The third-order valence-electron chi connectivity index (χ3n) is 3.13. The van der Waals surface area contributed by atoms with E-state index < -0.39 is 17.7 Å². The predicted molar refractivity (Wildman–Crippen MR) is 53.7 cm³/mol. The molecule has 0 spiro atoms. The lowest BCUT2D eigenvalue weighted by Crippen LogP contribution is -2.05. The molecule has 0 bridgehead atoms. The van der Waals surface area contributed by atoms with Crippen LogP contribution in [0.3, 0.4) is 0 Å². The Morgan fingerprint density at radius 1 is 1.27 bits per heavy atom. The van der Waals surface area contributed by atoms with Crippen LogP contribution in [0.2, 0.25) is 0 Å². The van der Waals surface area contributed by atoms with Crippen LogP contribution in [0.25, 0.3) is 0 Å². The summed E-state index contributed by atoms with van der Waals surface area (Å²) < 4.78 is 27.2. The smallest absolute Gasteiger partial charge is 0.132 e. The third kappa shape index (κ3) is 1.88. The van der Waals surface area contributed by atoms with Crippen LogP contribution in [0.5, 0.6) is 0 Å². The first-order valence-electron chi connectivity index (χ1n) is 5.22. The van der Waals surface area contributed by atoms with Gasteiger partial charge in [-0.05, 0) is 43.7 Å². The zero-order valence-electron chi connectivity index (χ0n) is 8.63. The number of aliphatic hydroxyl groups excluding tert-OH is 1. The number of hydrogen-bond donors (Lipinski definition) is 1. The van der Waals surface area contributed by atoms with Crippen LogP contribution in [0.4, 0.5) is 8.78 Å². The van der Waals surface area contributed by atoms with Crippen molar-refractivity contribution in [1.82, 2.24) is 0 Å². The van der Waals surface area contributed by atoms with Gasteiger partial charge in [0.1, 0.15) is 11.6 Å². The Bertz CT molecular complexity index is 376. The molecular weight excluding hydrogens is 198 g/mol. The monoisotopic (exact) mass is 212 g/mol. The van der Waals surface area contributed by atoms with Gasteiger partial charge < -0.3 is 5.11 Å². The van der Waals surface area contributed by atoms with Crippen LogP contribution in [0.15, 0.2) is 12.1 Å². The number of aryl methyl sites for hydroxylation is 1. The van der Waals surface area contributed by atoms with E-state index in [0.717, 1.165) is 0 Å². The molecule has 3 heteroatoms. The van der Waals surface area contributed by atoms with E-state index >= 15 is 0 Å². The maximum atomic E-state index is 13.7. The van der Waals surface area contributed by atoms with E-state index in [0.29, 0.717) is 24.8 Å². The standard InChI is InChI=1S/C12H14F2O/c1-7-2-5-10(13)11(12(7)14)8-3-4-9(15)6-8/h2,5,8-9,15H,3-4,6H2,1H3. The van der Waals surface area contributed by atoms with Crippen molar-refractivity contribution in [2.45, 2.75) is 38.2 Å². The SMILES string of the molecule is Cc1ccc(F)c(C2CCC(O)C2)c1F. The number of halogens is 2. The van der Waals surface area contributed by atoms with E-state index in [1.165, 1.54) is 12.1 Å². The molecule has 1 fully saturated rings. The van der Waals surface area contributed by atoms with Crippen molar-refractivity contribution in [3.05, 3.63) is 34.9 Å². The molecular formula is C12H14F2O. The molecule has 2 atom stereocenters. The summed E-state index contributed by atoms with van der Waals surface area (Å²) in [6.45, 7) is 1.63. The Balaban J connectivity index is 2.39. The predicted octanol–water partition coefficient (Wildman–Crippen LogP) is 2.90. The fourth-order valence-electron chi connectivity index (χ4n) is 2.27. The lowest BCUT2D eigenvalue weighted by molar-refractivity contribution is 0.181. The molecule has 0 radical (unpaired) electrons. The van der Waals surface area contributed by atoms with E-state index in [1.807, 2.05) is 0 Å². The van der Waals surface area contributed by atoms with Gasteiger partial charge >= 0.3 is 0 Å². The van der Waals surface area contributed by atoms with Crippen LogP contribution >= 0.6 is 0 Å². The molecule has 1 nitrogen and oxygen atoms in total. The van der Waals surface area contributed by atoms with E-state index in [9.17, 15) is 13.9 Å². The zero-order valence-corrected chi connectivity index (χ0v) is 8.63. The van der Waals surface area contributed by atoms with Crippen LogP contribution in [-0.2, 0) is 0 Å². The third-order valence-corrected chi connectivity index (χ3v) is 3.13. The van der Waals surface area contributed by atoms with Gasteiger partial charge in [0.15, 0.2) is 0 Å². The first-order chi connectivity index (χ1) is 7.09. The average Bonchev–Trinajstić information content (AvgIpc) is 2.59. The van der Waals surface area contributed by atoms with Crippen LogP contribution in [0, 0.1) is 18.6 Å². The summed E-state index contributed by atoms with van der Waals surface area (Å²) in [7, 11) is 0. The molecule has 15 heavy (non-hydrogen) atoms. The van der Waals surface area contributed by atoms with Gasteiger partial charge in [-0.25, -0.2) is 8.78 Å². The van der Waals surface area contributed by atoms with Crippen molar-refractivity contribution in [1.29, 1.82) is 0 Å². The largest absolute Gasteiger partial charge is 0.393 e. The first-order valence-corrected chi connectivity index (χ1v) is 5.22. The summed E-state index contributed by atoms with van der Waals surface area (Å²) in [5.74, 6) is -1.11. The molecule has 0 aromatic heterocycles. The van der Waals surface area contributed by atoms with Crippen molar-refractivity contribution in [2.75, 3.05) is 0 Å². The molecule has 1 N–H and O–H groups in total. The topological polar surface area (TPSA) is 20.2 Å². The van der Waals surface area contributed by atoms with Gasteiger partial charge in [-0.3, -0.25) is 0 Å². The molecule has 1 aliphatic carbocycles. The summed E-state index contributed by atoms with van der Waals surface area (Å²) in [5, 5.41) is 9.37. The minimum atomic E-state index is -0.489. The minimum absolute atomic E-state index is 0.159. The Morgan fingerprint density at radius 2 is 2.00 bits per heavy atom. The molecule has 1 aromatic rings. The second kappa shape index (κ2) is 3.89. The van der Waals surface area contributed by atoms with Gasteiger partial charge in [-0.15, -0.1) is 0 Å². The van der Waals surface area contributed by atoms with Gasteiger partial charge in [0.25, 0.3) is 0 Å². The molecule has 2 rings (SSSR count). The number of hydrogen-bond acceptors (Lipinski definition) is 1. The Kier molecular flexibility index (Phi) is 2.74. The van der Waals surface area contributed by atoms with Crippen LogP contribution in [0.1, 0.15) is 36.3 Å². The molecule has 0 saturated heterocycles. The summed E-state index contributed by atoms with van der Waals surface area (Å²) >= 11 is 0. The number of benzene rings is 1. The lowest BCUT2D eigenvalue weighted by atomic mass is 9.94. The van der Waals surface area contributed by atoms with Gasteiger partial charge in [0, 0.05) is 5.56 Å². The molecule has 1 aliphatic rings. The molecule has 82 valence electrons. The van der Waals surface area contributed by atoms with Crippen molar-refractivity contribution >= 4 is 0 Å². The van der Waals surface area contributed by atoms with Crippen molar-refractivity contribution in [3.8, 4) is 0 Å². The quantitative estimate of drug-likeness (QED) is 0.758. The molecule has 1 saturated carbocycles. The number of aliphatic hydroxyl groups is 1. The highest BCUT2D eigenvalue weighted by Gasteiger charge is 2.29. The van der Waals surface area contributed by atoms with Crippen molar-refractivity contribution in [3.63, 3.8) is 0 Å². The second-order valence-corrected chi connectivity index (χ2v) is 4.26. The summed E-state index contributed by atoms with van der Waals surface area (Å²) in [6.07, 6.45) is 1.36. The average molecular weight is 212 g/mol. The maximum Gasteiger partial charge on any atom is 0.132 e. The fraction of sp³-hybridized carbons (Fsp3) is 0.500. The Hall–Kier alpha value is -0.960. The van der Waals surface area contributed by atoms with E-state index in [4.69, 9.17) is 0 Å². The fourth-order valence-corrected chi connectivity index (χ4v) is 2.27. The van der Waals surface area contributed by atoms with Crippen LogP contribution in [-0.4, -0.2) is 11.2 Å². The summed E-state index contributed by atoms with van der Waals surface area (Å²) in [4.78, 5) is 0. The van der Waals surface area contributed by atoms with E-state index in [-0.39, 0.29) is 11.5 Å². The lowest BCUT2D eigenvalue weighted by Gasteiger charge is -2.13. The molecule has 0 amide bonds. The minimum Gasteiger partial charge on any atom is -0.393 e. The van der Waals surface area contributed by atoms with Gasteiger partial charge in [-0.2, -0.15) is 0 Å². The van der Waals surface area contributed by atoms with Gasteiger partial charge in [0.2, 0.25) is 0 Å². The number of rotatable bonds is 1. The highest BCUT2D eigenvalue weighted by Crippen LogP contribution is 2.37. The maximum absolute atomic E-state index is 13.7. The van der Waals surface area contributed by atoms with Crippen molar-refractivity contribution < 1.29 is 13.9 Å². The van der Waals surface area contributed by atoms with Gasteiger partial charge in [0.05, 0.1) is 6.10 Å². The van der Waals surface area contributed by atoms with Crippen LogP contribution < -0.4 is 0 Å². The highest BCUT2D eigenvalue weighted by atomic mass is 19.1. The second-order valence-electron chi connectivity index (χ2n) is 4.26. The summed E-state index contributed by atoms with van der Waals surface area (Å²) in [6, 6.07) is 2.75. The normalized spacial score (nSPS) is 25.9. The highest BCUT2D eigenvalue weighted by molar-refractivity contribution is 5.30. The van der Waals surface area contributed by atoms with E-state index in [2.05, 4.69) is 0 Å². The Labute approximate surface area is 87.7 Å².